The standard InChI is InChI=1S/C18H35N3O3/c1-18(22)21(8-4-2-6-19-10-14-23-15-11-19)9-5-3-7-20-12-16-24-17-13-20/h2-17H2,1H3. The number of hydrogen-bond acceptors (Lipinski definition) is 5. The van der Waals surface area contributed by atoms with Crippen molar-refractivity contribution in [1.29, 1.82) is 0 Å². The highest BCUT2D eigenvalue weighted by atomic mass is 16.5. The predicted molar refractivity (Wildman–Crippen MR) is 95.2 cm³/mol. The molecule has 0 unspecified atom stereocenters. The van der Waals surface area contributed by atoms with Crippen LogP contribution in [0.4, 0.5) is 0 Å². The number of carbonyl (C=O) groups excluding carboxylic acids is 1. The van der Waals surface area contributed by atoms with Gasteiger partial charge in [-0.25, -0.2) is 0 Å². The molecular weight excluding hydrogens is 306 g/mol. The highest BCUT2D eigenvalue weighted by Crippen LogP contribution is 2.05. The van der Waals surface area contributed by atoms with E-state index in [1.54, 1.807) is 6.92 Å². The molecule has 24 heavy (non-hydrogen) atoms. The second-order valence-corrected chi connectivity index (χ2v) is 6.83. The van der Waals surface area contributed by atoms with Crippen molar-refractivity contribution >= 4 is 5.91 Å². The number of rotatable bonds is 10. The smallest absolute Gasteiger partial charge is 0.219 e. The molecule has 2 rings (SSSR count). The van der Waals surface area contributed by atoms with Gasteiger partial charge >= 0.3 is 0 Å². The third kappa shape index (κ3) is 7.92. The van der Waals surface area contributed by atoms with Gasteiger partial charge in [-0.3, -0.25) is 14.6 Å². The minimum absolute atomic E-state index is 0.216. The Hall–Kier alpha value is -0.690. The maximum atomic E-state index is 11.8. The van der Waals surface area contributed by atoms with Crippen LogP contribution in [0.1, 0.15) is 32.6 Å². The summed E-state index contributed by atoms with van der Waals surface area (Å²) in [5.74, 6) is 0.216. The van der Waals surface area contributed by atoms with E-state index in [1.165, 1.54) is 0 Å². The number of carbonyl (C=O) groups is 1. The summed E-state index contributed by atoms with van der Waals surface area (Å²) in [7, 11) is 0. The van der Waals surface area contributed by atoms with E-state index < -0.39 is 0 Å². The van der Waals surface area contributed by atoms with Crippen LogP contribution in [0.25, 0.3) is 0 Å². The van der Waals surface area contributed by atoms with Crippen LogP contribution in [0.15, 0.2) is 0 Å². The Morgan fingerprint density at radius 3 is 1.58 bits per heavy atom. The number of hydrogen-bond donors (Lipinski definition) is 0. The molecule has 2 saturated heterocycles. The topological polar surface area (TPSA) is 45.2 Å². The predicted octanol–water partition coefficient (Wildman–Crippen LogP) is 1.06. The van der Waals surface area contributed by atoms with Gasteiger partial charge in [0.2, 0.25) is 5.91 Å². The third-order valence-electron chi connectivity index (χ3n) is 4.96. The monoisotopic (exact) mass is 341 g/mol. The minimum atomic E-state index is 0.216. The number of unbranched alkanes of at least 4 members (excludes halogenated alkanes) is 2. The minimum Gasteiger partial charge on any atom is -0.379 e. The molecular formula is C18H35N3O3. The molecule has 0 aromatic heterocycles. The summed E-state index contributed by atoms with van der Waals surface area (Å²) in [4.78, 5) is 18.8. The molecule has 2 aliphatic heterocycles. The van der Waals surface area contributed by atoms with Crippen LogP contribution in [0.3, 0.4) is 0 Å². The molecule has 6 heteroatoms. The summed E-state index contributed by atoms with van der Waals surface area (Å²) in [5.41, 5.74) is 0. The highest BCUT2D eigenvalue weighted by Gasteiger charge is 2.12. The molecule has 2 heterocycles. The van der Waals surface area contributed by atoms with E-state index in [4.69, 9.17) is 9.47 Å². The Labute approximate surface area is 147 Å². The van der Waals surface area contributed by atoms with E-state index in [-0.39, 0.29) is 5.91 Å². The van der Waals surface area contributed by atoms with Gasteiger partial charge in [0.05, 0.1) is 26.4 Å². The molecule has 0 aliphatic carbocycles. The lowest BCUT2D eigenvalue weighted by Gasteiger charge is -2.28. The fourth-order valence-corrected chi connectivity index (χ4v) is 3.35. The quantitative estimate of drug-likeness (QED) is 0.556. The largest absolute Gasteiger partial charge is 0.379 e. The van der Waals surface area contributed by atoms with Crippen molar-refractivity contribution in [2.45, 2.75) is 32.6 Å². The Bertz CT molecular complexity index is 316. The lowest BCUT2D eigenvalue weighted by Crippen LogP contribution is -2.38. The van der Waals surface area contributed by atoms with Crippen LogP contribution < -0.4 is 0 Å². The first-order valence-corrected chi connectivity index (χ1v) is 9.61. The zero-order chi connectivity index (χ0) is 17.0. The number of morpholine rings is 2. The normalized spacial score (nSPS) is 20.2. The Balaban J connectivity index is 1.51. The summed E-state index contributed by atoms with van der Waals surface area (Å²) in [6, 6.07) is 0. The van der Waals surface area contributed by atoms with Crippen molar-refractivity contribution in [3.63, 3.8) is 0 Å². The Kier molecular flexibility index (Phi) is 9.65. The van der Waals surface area contributed by atoms with Gasteiger partial charge in [0.1, 0.15) is 0 Å². The van der Waals surface area contributed by atoms with Gasteiger partial charge in [0, 0.05) is 46.2 Å². The summed E-state index contributed by atoms with van der Waals surface area (Å²) in [5, 5.41) is 0. The van der Waals surface area contributed by atoms with E-state index in [0.717, 1.165) is 104 Å². The van der Waals surface area contributed by atoms with Crippen molar-refractivity contribution in [2.75, 3.05) is 78.8 Å². The van der Waals surface area contributed by atoms with Crippen molar-refractivity contribution < 1.29 is 14.3 Å². The van der Waals surface area contributed by atoms with Crippen LogP contribution in [-0.2, 0) is 14.3 Å². The molecule has 0 atom stereocenters. The van der Waals surface area contributed by atoms with Crippen molar-refractivity contribution in [3.05, 3.63) is 0 Å². The number of amides is 1. The molecule has 0 N–H and O–H groups in total. The first-order valence-electron chi connectivity index (χ1n) is 9.61. The lowest BCUT2D eigenvalue weighted by molar-refractivity contribution is -0.129. The van der Waals surface area contributed by atoms with E-state index in [0.29, 0.717) is 0 Å². The molecule has 0 saturated carbocycles. The number of ether oxygens (including phenoxy) is 2. The summed E-state index contributed by atoms with van der Waals surface area (Å²) < 4.78 is 10.7. The second kappa shape index (κ2) is 11.8. The van der Waals surface area contributed by atoms with Crippen molar-refractivity contribution in [1.82, 2.24) is 14.7 Å². The molecule has 140 valence electrons. The Morgan fingerprint density at radius 1 is 0.792 bits per heavy atom. The molecule has 2 fully saturated rings. The van der Waals surface area contributed by atoms with E-state index in [9.17, 15) is 4.79 Å². The molecule has 1 amide bonds. The highest BCUT2D eigenvalue weighted by molar-refractivity contribution is 5.73. The van der Waals surface area contributed by atoms with Gasteiger partial charge < -0.3 is 14.4 Å². The molecule has 0 aromatic rings. The fraction of sp³-hybridized carbons (Fsp3) is 0.944. The van der Waals surface area contributed by atoms with Crippen molar-refractivity contribution in [3.8, 4) is 0 Å². The average Bonchev–Trinajstić information content (AvgIpc) is 2.62. The van der Waals surface area contributed by atoms with Gasteiger partial charge in [-0.2, -0.15) is 0 Å². The molecule has 6 nitrogen and oxygen atoms in total. The third-order valence-corrected chi connectivity index (χ3v) is 4.96. The fourth-order valence-electron chi connectivity index (χ4n) is 3.35. The maximum Gasteiger partial charge on any atom is 0.219 e. The van der Waals surface area contributed by atoms with E-state index >= 15 is 0 Å². The van der Waals surface area contributed by atoms with Crippen LogP contribution in [0.5, 0.6) is 0 Å². The average molecular weight is 341 g/mol. The zero-order valence-electron chi connectivity index (χ0n) is 15.4. The van der Waals surface area contributed by atoms with Crippen LogP contribution >= 0.6 is 0 Å². The first-order chi connectivity index (χ1) is 11.8. The van der Waals surface area contributed by atoms with Gasteiger partial charge in [0.15, 0.2) is 0 Å². The molecule has 0 spiro atoms. The van der Waals surface area contributed by atoms with Gasteiger partial charge in [0.25, 0.3) is 0 Å². The lowest BCUT2D eigenvalue weighted by atomic mass is 10.2. The van der Waals surface area contributed by atoms with Gasteiger partial charge in [-0.05, 0) is 38.8 Å². The maximum absolute atomic E-state index is 11.8. The van der Waals surface area contributed by atoms with Gasteiger partial charge in [-0.1, -0.05) is 0 Å². The summed E-state index contributed by atoms with van der Waals surface area (Å²) >= 11 is 0. The zero-order valence-corrected chi connectivity index (χ0v) is 15.4. The number of nitrogens with zero attached hydrogens (tertiary/aromatic N) is 3. The SMILES string of the molecule is CC(=O)N(CCCCN1CCOCC1)CCCCN1CCOCC1. The second-order valence-electron chi connectivity index (χ2n) is 6.83. The summed E-state index contributed by atoms with van der Waals surface area (Å²) in [6.45, 7) is 13.4. The van der Waals surface area contributed by atoms with Crippen molar-refractivity contribution in [2.24, 2.45) is 0 Å². The van der Waals surface area contributed by atoms with Crippen LogP contribution in [-0.4, -0.2) is 99.4 Å². The van der Waals surface area contributed by atoms with E-state index in [1.807, 2.05) is 4.90 Å². The molecule has 0 aromatic carbocycles. The molecule has 0 radical (unpaired) electrons. The van der Waals surface area contributed by atoms with E-state index in [2.05, 4.69) is 9.80 Å². The summed E-state index contributed by atoms with van der Waals surface area (Å²) in [6.07, 6.45) is 4.52. The molecule has 0 bridgehead atoms. The Morgan fingerprint density at radius 2 is 1.21 bits per heavy atom. The molecule has 2 aliphatic rings. The first kappa shape index (κ1) is 19.6. The van der Waals surface area contributed by atoms with Crippen LogP contribution in [0, 0.1) is 0 Å². The van der Waals surface area contributed by atoms with Crippen LogP contribution in [0.2, 0.25) is 0 Å². The van der Waals surface area contributed by atoms with Gasteiger partial charge in [-0.15, -0.1) is 0 Å².